The lowest BCUT2D eigenvalue weighted by atomic mass is 10.0. The minimum atomic E-state index is -0.242. The molecule has 3 rings (SSSR count). The van der Waals surface area contributed by atoms with Crippen LogP contribution in [0.1, 0.15) is 18.4 Å². The van der Waals surface area contributed by atoms with Crippen molar-refractivity contribution in [2.24, 2.45) is 0 Å². The molecule has 1 aromatic heterocycles. The SMILES string of the molecule is COc1ccccc1CCC(=O)N[C@@H]1CCOC[C@H]1Oc1ccccn1. The van der Waals surface area contributed by atoms with Crippen LogP contribution in [0.25, 0.3) is 0 Å². The van der Waals surface area contributed by atoms with Gasteiger partial charge in [0.2, 0.25) is 11.8 Å². The Morgan fingerprint density at radius 1 is 1.27 bits per heavy atom. The van der Waals surface area contributed by atoms with Crippen LogP contribution in [0.4, 0.5) is 0 Å². The Kier molecular flexibility index (Phi) is 6.44. The molecule has 1 amide bonds. The van der Waals surface area contributed by atoms with Crippen LogP contribution < -0.4 is 14.8 Å². The third kappa shape index (κ3) is 4.95. The Labute approximate surface area is 153 Å². The molecule has 1 aliphatic heterocycles. The Morgan fingerprint density at radius 2 is 2.12 bits per heavy atom. The van der Waals surface area contributed by atoms with Gasteiger partial charge in [0.1, 0.15) is 11.9 Å². The Morgan fingerprint density at radius 3 is 2.92 bits per heavy atom. The summed E-state index contributed by atoms with van der Waals surface area (Å²) in [7, 11) is 1.64. The van der Waals surface area contributed by atoms with E-state index < -0.39 is 0 Å². The van der Waals surface area contributed by atoms with E-state index in [0.29, 0.717) is 31.9 Å². The van der Waals surface area contributed by atoms with E-state index in [1.165, 1.54) is 0 Å². The third-order valence-corrected chi connectivity index (χ3v) is 4.37. The van der Waals surface area contributed by atoms with Crippen LogP contribution >= 0.6 is 0 Å². The van der Waals surface area contributed by atoms with Crippen molar-refractivity contribution >= 4 is 5.91 Å². The molecule has 1 aliphatic rings. The first kappa shape index (κ1) is 18.2. The molecule has 1 N–H and O–H groups in total. The van der Waals surface area contributed by atoms with Crippen LogP contribution in [0, 0.1) is 0 Å². The number of aromatic nitrogens is 1. The van der Waals surface area contributed by atoms with Crippen LogP contribution in [0.5, 0.6) is 11.6 Å². The standard InChI is InChI=1S/C20H24N2O4/c1-24-17-7-3-2-6-15(17)9-10-19(23)22-16-11-13-25-14-18(16)26-20-8-4-5-12-21-20/h2-8,12,16,18H,9-11,13-14H2,1H3,(H,22,23)/t16-,18-/m1/s1. The summed E-state index contributed by atoms with van der Waals surface area (Å²) in [5.74, 6) is 1.34. The third-order valence-electron chi connectivity index (χ3n) is 4.37. The molecule has 2 atom stereocenters. The fraction of sp³-hybridized carbons (Fsp3) is 0.400. The molecule has 0 unspecified atom stereocenters. The second-order valence-corrected chi connectivity index (χ2v) is 6.17. The molecule has 0 radical (unpaired) electrons. The van der Waals surface area contributed by atoms with Gasteiger partial charge in [0, 0.05) is 25.3 Å². The van der Waals surface area contributed by atoms with Crippen LogP contribution in [-0.2, 0) is 16.0 Å². The number of para-hydroxylation sites is 1. The number of aryl methyl sites for hydroxylation is 1. The van der Waals surface area contributed by atoms with Crippen molar-refractivity contribution in [3.05, 3.63) is 54.2 Å². The Bertz CT molecular complexity index is 708. The zero-order chi connectivity index (χ0) is 18.2. The maximum atomic E-state index is 12.4. The van der Waals surface area contributed by atoms with Crippen molar-refractivity contribution in [2.45, 2.75) is 31.4 Å². The molecule has 0 saturated carbocycles. The van der Waals surface area contributed by atoms with Gasteiger partial charge in [-0.15, -0.1) is 0 Å². The highest BCUT2D eigenvalue weighted by molar-refractivity contribution is 5.76. The van der Waals surface area contributed by atoms with Crippen molar-refractivity contribution in [2.75, 3.05) is 20.3 Å². The lowest BCUT2D eigenvalue weighted by Crippen LogP contribution is -2.51. The van der Waals surface area contributed by atoms with Crippen molar-refractivity contribution in [3.63, 3.8) is 0 Å². The number of ether oxygens (including phenoxy) is 3. The predicted octanol–water partition coefficient (Wildman–Crippen LogP) is 2.38. The second-order valence-electron chi connectivity index (χ2n) is 6.17. The summed E-state index contributed by atoms with van der Waals surface area (Å²) in [6, 6.07) is 13.2. The summed E-state index contributed by atoms with van der Waals surface area (Å²) >= 11 is 0. The average molecular weight is 356 g/mol. The van der Waals surface area contributed by atoms with Crippen molar-refractivity contribution in [1.82, 2.24) is 10.3 Å². The van der Waals surface area contributed by atoms with E-state index in [-0.39, 0.29) is 18.1 Å². The fourth-order valence-corrected chi connectivity index (χ4v) is 3.00. The molecule has 2 heterocycles. The van der Waals surface area contributed by atoms with Gasteiger partial charge < -0.3 is 19.5 Å². The highest BCUT2D eigenvalue weighted by atomic mass is 16.5. The lowest BCUT2D eigenvalue weighted by molar-refractivity contribution is -0.124. The predicted molar refractivity (Wildman–Crippen MR) is 97.3 cm³/mol. The highest BCUT2D eigenvalue weighted by Crippen LogP contribution is 2.19. The number of carbonyl (C=O) groups excluding carboxylic acids is 1. The van der Waals surface area contributed by atoms with Crippen LogP contribution in [0.2, 0.25) is 0 Å². The molecule has 1 aromatic carbocycles. The first-order valence-electron chi connectivity index (χ1n) is 8.83. The zero-order valence-electron chi connectivity index (χ0n) is 14.9. The van der Waals surface area contributed by atoms with E-state index in [1.54, 1.807) is 19.4 Å². The van der Waals surface area contributed by atoms with Gasteiger partial charge in [0.05, 0.1) is 19.8 Å². The minimum Gasteiger partial charge on any atom is -0.496 e. The number of pyridine rings is 1. The van der Waals surface area contributed by atoms with E-state index in [4.69, 9.17) is 14.2 Å². The van der Waals surface area contributed by atoms with Gasteiger partial charge in [-0.25, -0.2) is 4.98 Å². The number of amides is 1. The topological polar surface area (TPSA) is 69.7 Å². The van der Waals surface area contributed by atoms with Crippen molar-refractivity contribution in [1.29, 1.82) is 0 Å². The highest BCUT2D eigenvalue weighted by Gasteiger charge is 2.29. The van der Waals surface area contributed by atoms with Crippen molar-refractivity contribution in [3.8, 4) is 11.6 Å². The van der Waals surface area contributed by atoms with Crippen molar-refractivity contribution < 1.29 is 19.0 Å². The van der Waals surface area contributed by atoms with Crippen LogP contribution in [0.15, 0.2) is 48.7 Å². The fourth-order valence-electron chi connectivity index (χ4n) is 3.00. The van der Waals surface area contributed by atoms with Gasteiger partial charge in [-0.05, 0) is 30.5 Å². The number of hydrogen-bond acceptors (Lipinski definition) is 5. The van der Waals surface area contributed by atoms with Gasteiger partial charge in [0.25, 0.3) is 0 Å². The maximum absolute atomic E-state index is 12.4. The normalized spacial score (nSPS) is 19.6. The van der Waals surface area contributed by atoms with Gasteiger partial charge in [-0.1, -0.05) is 24.3 Å². The molecule has 1 fully saturated rings. The lowest BCUT2D eigenvalue weighted by Gasteiger charge is -2.32. The molecule has 0 aliphatic carbocycles. The van der Waals surface area contributed by atoms with Gasteiger partial charge >= 0.3 is 0 Å². The number of nitrogens with zero attached hydrogens (tertiary/aromatic N) is 1. The molecule has 1 saturated heterocycles. The van der Waals surface area contributed by atoms with E-state index in [9.17, 15) is 4.79 Å². The second kappa shape index (κ2) is 9.20. The molecular formula is C20H24N2O4. The number of hydrogen-bond donors (Lipinski definition) is 1. The first-order chi connectivity index (χ1) is 12.8. The molecular weight excluding hydrogens is 332 g/mol. The van der Waals surface area contributed by atoms with Crippen LogP contribution in [0.3, 0.4) is 0 Å². The molecule has 0 bridgehead atoms. The Hall–Kier alpha value is -2.60. The number of carbonyl (C=O) groups is 1. The number of benzene rings is 1. The molecule has 2 aromatic rings. The van der Waals surface area contributed by atoms with Gasteiger partial charge in [-0.3, -0.25) is 4.79 Å². The Balaban J connectivity index is 1.54. The molecule has 26 heavy (non-hydrogen) atoms. The molecule has 138 valence electrons. The monoisotopic (exact) mass is 356 g/mol. The smallest absolute Gasteiger partial charge is 0.220 e. The average Bonchev–Trinajstić information content (AvgIpc) is 2.69. The summed E-state index contributed by atoms with van der Waals surface area (Å²) in [5.41, 5.74) is 1.03. The van der Waals surface area contributed by atoms with E-state index in [2.05, 4.69) is 10.3 Å². The van der Waals surface area contributed by atoms with E-state index >= 15 is 0 Å². The molecule has 6 nitrogen and oxygen atoms in total. The number of nitrogens with one attached hydrogen (secondary N) is 1. The summed E-state index contributed by atoms with van der Waals surface area (Å²) in [6.07, 6.45) is 3.19. The first-order valence-corrected chi connectivity index (χ1v) is 8.83. The summed E-state index contributed by atoms with van der Waals surface area (Å²) < 4.78 is 16.7. The zero-order valence-corrected chi connectivity index (χ0v) is 14.9. The quantitative estimate of drug-likeness (QED) is 0.825. The largest absolute Gasteiger partial charge is 0.496 e. The summed E-state index contributed by atoms with van der Waals surface area (Å²) in [5, 5.41) is 3.08. The number of methoxy groups -OCH3 is 1. The maximum Gasteiger partial charge on any atom is 0.220 e. The summed E-state index contributed by atoms with van der Waals surface area (Å²) in [4.78, 5) is 16.6. The molecule has 6 heteroatoms. The van der Waals surface area contributed by atoms with Gasteiger partial charge in [-0.2, -0.15) is 0 Å². The van der Waals surface area contributed by atoms with Gasteiger partial charge in [0.15, 0.2) is 0 Å². The van der Waals surface area contributed by atoms with Crippen LogP contribution in [-0.4, -0.2) is 43.4 Å². The summed E-state index contributed by atoms with van der Waals surface area (Å²) in [6.45, 7) is 1.05. The number of rotatable bonds is 7. The van der Waals surface area contributed by atoms with E-state index in [0.717, 1.165) is 17.7 Å². The van der Waals surface area contributed by atoms with E-state index in [1.807, 2.05) is 36.4 Å². The minimum absolute atomic E-state index is 0.00238. The molecule has 0 spiro atoms.